The summed E-state index contributed by atoms with van der Waals surface area (Å²) in [6, 6.07) is 7.49. The molecule has 1 aromatic heterocycles. The van der Waals surface area contributed by atoms with Crippen LogP contribution < -0.4 is 10.6 Å². The zero-order valence-electron chi connectivity index (χ0n) is 11.2. The maximum absolute atomic E-state index is 11.7. The van der Waals surface area contributed by atoms with Crippen LogP contribution in [0.25, 0.3) is 10.9 Å². The molecule has 7 heteroatoms. The van der Waals surface area contributed by atoms with Crippen LogP contribution in [-0.2, 0) is 9.84 Å². The normalized spacial score (nSPS) is 22.1. The summed E-state index contributed by atoms with van der Waals surface area (Å²) in [5, 5.41) is 0.896. The minimum Gasteiger partial charge on any atom is -0.368 e. The average molecular weight is 292 g/mol. The van der Waals surface area contributed by atoms with Gasteiger partial charge in [-0.15, -0.1) is 0 Å². The van der Waals surface area contributed by atoms with Crippen molar-refractivity contribution >= 4 is 32.5 Å². The number of nitrogen functional groups attached to an aromatic ring is 1. The monoisotopic (exact) mass is 292 g/mol. The molecule has 106 valence electrons. The maximum Gasteiger partial charge on any atom is 0.222 e. The first-order valence-corrected chi connectivity index (χ1v) is 8.28. The van der Waals surface area contributed by atoms with Crippen LogP contribution in [0.5, 0.6) is 0 Å². The summed E-state index contributed by atoms with van der Waals surface area (Å²) in [6.45, 7) is 2.33. The third kappa shape index (κ3) is 2.29. The van der Waals surface area contributed by atoms with Crippen LogP contribution in [0.2, 0.25) is 0 Å². The molecule has 0 amide bonds. The first-order valence-electron chi connectivity index (χ1n) is 6.45. The van der Waals surface area contributed by atoms with Crippen LogP contribution in [0.15, 0.2) is 24.3 Å². The Morgan fingerprint density at radius 1 is 1.30 bits per heavy atom. The molecular weight excluding hydrogens is 276 g/mol. The van der Waals surface area contributed by atoms with Gasteiger partial charge in [0.2, 0.25) is 5.95 Å². The van der Waals surface area contributed by atoms with Crippen molar-refractivity contribution in [1.29, 1.82) is 0 Å². The van der Waals surface area contributed by atoms with Gasteiger partial charge in [-0.25, -0.2) is 13.4 Å². The van der Waals surface area contributed by atoms with E-state index in [0.717, 1.165) is 16.7 Å². The van der Waals surface area contributed by atoms with Gasteiger partial charge in [0.05, 0.1) is 17.0 Å². The molecule has 1 unspecified atom stereocenters. The fourth-order valence-electron chi connectivity index (χ4n) is 2.61. The van der Waals surface area contributed by atoms with Crippen LogP contribution in [-0.4, -0.2) is 42.5 Å². The van der Waals surface area contributed by atoms with Crippen molar-refractivity contribution in [3.63, 3.8) is 0 Å². The molecule has 1 fully saturated rings. The lowest BCUT2D eigenvalue weighted by molar-refractivity contribution is 0.567. The molecule has 1 atom stereocenters. The molecule has 2 N–H and O–H groups in total. The molecule has 1 aromatic carbocycles. The van der Waals surface area contributed by atoms with Gasteiger partial charge in [-0.2, -0.15) is 4.98 Å². The molecule has 1 saturated heterocycles. The van der Waals surface area contributed by atoms with E-state index in [4.69, 9.17) is 5.73 Å². The zero-order chi connectivity index (χ0) is 14.3. The van der Waals surface area contributed by atoms with Gasteiger partial charge in [0.1, 0.15) is 5.82 Å². The van der Waals surface area contributed by atoms with Gasteiger partial charge >= 0.3 is 0 Å². The van der Waals surface area contributed by atoms with Crippen LogP contribution >= 0.6 is 0 Å². The number of nitrogens with zero attached hydrogens (tertiary/aromatic N) is 3. The fourth-order valence-corrected chi connectivity index (χ4v) is 4.17. The minimum absolute atomic E-state index is 0.119. The molecule has 0 bridgehead atoms. The summed E-state index contributed by atoms with van der Waals surface area (Å²) in [5.41, 5.74) is 6.54. The highest BCUT2D eigenvalue weighted by Crippen LogP contribution is 2.27. The van der Waals surface area contributed by atoms with Crippen molar-refractivity contribution < 1.29 is 8.42 Å². The number of hydrogen-bond acceptors (Lipinski definition) is 6. The second-order valence-corrected chi connectivity index (χ2v) is 7.31. The van der Waals surface area contributed by atoms with Crippen LogP contribution in [0.1, 0.15) is 6.92 Å². The third-order valence-corrected chi connectivity index (χ3v) is 5.34. The number of hydrogen-bond donors (Lipinski definition) is 1. The highest BCUT2D eigenvalue weighted by Gasteiger charge is 2.30. The zero-order valence-corrected chi connectivity index (χ0v) is 12.0. The largest absolute Gasteiger partial charge is 0.368 e. The third-order valence-electron chi connectivity index (χ3n) is 3.54. The van der Waals surface area contributed by atoms with E-state index in [1.54, 1.807) is 0 Å². The number of sulfone groups is 1. The van der Waals surface area contributed by atoms with Gasteiger partial charge in [-0.05, 0) is 19.1 Å². The molecule has 0 spiro atoms. The molecule has 0 aliphatic carbocycles. The second kappa shape index (κ2) is 4.59. The lowest BCUT2D eigenvalue weighted by Crippen LogP contribution is -2.47. The number of nitrogens with two attached hydrogens (primary N) is 1. The summed E-state index contributed by atoms with van der Waals surface area (Å²) >= 11 is 0. The van der Waals surface area contributed by atoms with Crippen LogP contribution in [0.3, 0.4) is 0 Å². The predicted molar refractivity (Wildman–Crippen MR) is 79.4 cm³/mol. The Balaban J connectivity index is 2.10. The Morgan fingerprint density at radius 2 is 2.05 bits per heavy atom. The lowest BCUT2D eigenvalue weighted by Gasteiger charge is -2.34. The molecule has 2 heterocycles. The fraction of sp³-hybridized carbons (Fsp3) is 0.385. The van der Waals surface area contributed by atoms with E-state index in [0.29, 0.717) is 6.54 Å². The Morgan fingerprint density at radius 3 is 2.80 bits per heavy atom. The SMILES string of the molecule is CC1CS(=O)(=O)CCN1c1nc(N)nc2ccccc12. The van der Waals surface area contributed by atoms with E-state index in [1.807, 2.05) is 36.1 Å². The quantitative estimate of drug-likeness (QED) is 0.837. The van der Waals surface area contributed by atoms with E-state index >= 15 is 0 Å². The topological polar surface area (TPSA) is 89.2 Å². The van der Waals surface area contributed by atoms with E-state index in [2.05, 4.69) is 9.97 Å². The number of anilines is 2. The minimum atomic E-state index is -2.95. The molecule has 1 aliphatic rings. The first-order chi connectivity index (χ1) is 9.46. The number of rotatable bonds is 1. The van der Waals surface area contributed by atoms with Crippen molar-refractivity contribution in [3.05, 3.63) is 24.3 Å². The smallest absolute Gasteiger partial charge is 0.222 e. The number of benzene rings is 1. The summed E-state index contributed by atoms with van der Waals surface area (Å²) in [5.74, 6) is 1.22. The first kappa shape index (κ1) is 13.1. The van der Waals surface area contributed by atoms with E-state index in [1.165, 1.54) is 0 Å². The van der Waals surface area contributed by atoms with Gasteiger partial charge in [-0.1, -0.05) is 12.1 Å². The van der Waals surface area contributed by atoms with Gasteiger partial charge < -0.3 is 10.6 Å². The highest BCUT2D eigenvalue weighted by molar-refractivity contribution is 7.91. The summed E-state index contributed by atoms with van der Waals surface area (Å²) in [6.07, 6.45) is 0. The van der Waals surface area contributed by atoms with Crippen molar-refractivity contribution in [1.82, 2.24) is 9.97 Å². The standard InChI is InChI=1S/C13H16N4O2S/c1-9-8-20(18,19)7-6-17(9)12-10-4-2-3-5-11(10)15-13(14)16-12/h2-5,9H,6-8H2,1H3,(H2,14,15,16). The van der Waals surface area contributed by atoms with Crippen molar-refractivity contribution in [2.45, 2.75) is 13.0 Å². The highest BCUT2D eigenvalue weighted by atomic mass is 32.2. The summed E-state index contributed by atoms with van der Waals surface area (Å²) in [4.78, 5) is 10.5. The van der Waals surface area contributed by atoms with E-state index in [-0.39, 0.29) is 23.5 Å². The van der Waals surface area contributed by atoms with E-state index < -0.39 is 9.84 Å². The number of fused-ring (bicyclic) bond motifs is 1. The van der Waals surface area contributed by atoms with Crippen molar-refractivity contribution in [3.8, 4) is 0 Å². The van der Waals surface area contributed by atoms with Crippen molar-refractivity contribution in [2.75, 3.05) is 28.7 Å². The molecule has 1 aliphatic heterocycles. The summed E-state index contributed by atoms with van der Waals surface area (Å²) < 4.78 is 23.4. The maximum atomic E-state index is 11.7. The van der Waals surface area contributed by atoms with Gasteiger partial charge in [-0.3, -0.25) is 0 Å². The van der Waals surface area contributed by atoms with Gasteiger partial charge in [0.25, 0.3) is 0 Å². The number of aromatic nitrogens is 2. The van der Waals surface area contributed by atoms with E-state index in [9.17, 15) is 8.42 Å². The van der Waals surface area contributed by atoms with Crippen LogP contribution in [0.4, 0.5) is 11.8 Å². The molecule has 6 nitrogen and oxygen atoms in total. The molecule has 0 radical (unpaired) electrons. The van der Waals surface area contributed by atoms with Crippen LogP contribution in [0, 0.1) is 0 Å². The molecular formula is C13H16N4O2S. The second-order valence-electron chi connectivity index (χ2n) is 5.08. The molecule has 0 saturated carbocycles. The molecule has 20 heavy (non-hydrogen) atoms. The Labute approximate surface area is 117 Å². The number of para-hydroxylation sites is 1. The summed E-state index contributed by atoms with van der Waals surface area (Å²) in [7, 11) is -2.95. The Hall–Kier alpha value is -1.89. The van der Waals surface area contributed by atoms with Gasteiger partial charge in [0, 0.05) is 18.0 Å². The lowest BCUT2D eigenvalue weighted by atomic mass is 10.2. The Kier molecular flexibility index (Phi) is 3.01. The molecule has 2 aromatic rings. The predicted octanol–water partition coefficient (Wildman–Crippen LogP) is 0.835. The van der Waals surface area contributed by atoms with Gasteiger partial charge in [0.15, 0.2) is 9.84 Å². The van der Waals surface area contributed by atoms with Crippen molar-refractivity contribution in [2.24, 2.45) is 0 Å². The average Bonchev–Trinajstić information content (AvgIpc) is 2.37. The molecule has 3 rings (SSSR count). The Bertz CT molecular complexity index is 760.